The summed E-state index contributed by atoms with van der Waals surface area (Å²) in [5.74, 6) is 0.931. The van der Waals surface area contributed by atoms with Crippen LogP contribution in [-0.2, 0) is 20.9 Å². The van der Waals surface area contributed by atoms with Gasteiger partial charge >= 0.3 is 0 Å². The van der Waals surface area contributed by atoms with Crippen LogP contribution in [0, 0.1) is 12.8 Å². The summed E-state index contributed by atoms with van der Waals surface area (Å²) in [6.45, 7) is 8.82. The van der Waals surface area contributed by atoms with E-state index in [1.54, 1.807) is 4.90 Å². The van der Waals surface area contributed by atoms with Crippen LogP contribution in [0.1, 0.15) is 38.9 Å². The van der Waals surface area contributed by atoms with Crippen molar-refractivity contribution >= 4 is 28.5 Å². The number of aryl methyl sites for hydroxylation is 2. The van der Waals surface area contributed by atoms with Crippen molar-refractivity contribution in [2.45, 2.75) is 46.6 Å². The molecule has 0 saturated carbocycles. The Balaban J connectivity index is 1.59. The topological polar surface area (TPSA) is 76.5 Å². The molecule has 1 aromatic heterocycles. The summed E-state index contributed by atoms with van der Waals surface area (Å²) in [4.78, 5) is 31.1. The fourth-order valence-electron chi connectivity index (χ4n) is 3.75. The first-order chi connectivity index (χ1) is 13.5. The lowest BCUT2D eigenvalue weighted by molar-refractivity contribution is -0.138. The number of imidazole rings is 1. The summed E-state index contributed by atoms with van der Waals surface area (Å²) < 4.78 is 7.39. The lowest BCUT2D eigenvalue weighted by Crippen LogP contribution is -2.42. The number of aromatic nitrogens is 2. The van der Waals surface area contributed by atoms with E-state index < -0.39 is 0 Å². The Kier molecular flexibility index (Phi) is 6.67. The monoisotopic (exact) mass is 386 g/mol. The number of carbonyl (C=O) groups is 2. The van der Waals surface area contributed by atoms with E-state index in [2.05, 4.69) is 21.8 Å². The number of amides is 2. The van der Waals surface area contributed by atoms with E-state index in [1.807, 2.05) is 32.0 Å². The molecule has 0 unspecified atom stereocenters. The molecule has 7 heteroatoms. The predicted octanol–water partition coefficient (Wildman–Crippen LogP) is 2.97. The molecule has 152 valence electrons. The molecule has 0 spiro atoms. The van der Waals surface area contributed by atoms with Crippen molar-refractivity contribution in [3.63, 3.8) is 0 Å². The molecule has 0 atom stereocenters. The Hall–Kier alpha value is -2.41. The number of fused-ring (bicyclic) bond motifs is 1. The van der Waals surface area contributed by atoms with Crippen molar-refractivity contribution in [1.82, 2.24) is 14.5 Å². The summed E-state index contributed by atoms with van der Waals surface area (Å²) in [5, 5.41) is 3.03. The van der Waals surface area contributed by atoms with Crippen LogP contribution < -0.4 is 5.32 Å². The number of ether oxygens (including phenoxy) is 1. The first-order valence-electron chi connectivity index (χ1n) is 10.2. The van der Waals surface area contributed by atoms with Gasteiger partial charge in [0.2, 0.25) is 11.8 Å². The largest absolute Gasteiger partial charge is 0.372 e. The summed E-state index contributed by atoms with van der Waals surface area (Å²) in [7, 11) is 0. The van der Waals surface area contributed by atoms with Crippen LogP contribution >= 0.6 is 0 Å². The van der Waals surface area contributed by atoms with Crippen molar-refractivity contribution in [1.29, 1.82) is 0 Å². The highest BCUT2D eigenvalue weighted by atomic mass is 16.5. The highest BCUT2D eigenvalue weighted by Gasteiger charge is 2.27. The summed E-state index contributed by atoms with van der Waals surface area (Å²) in [6.07, 6.45) is 2.41. The molecule has 1 aliphatic rings. The SMILES string of the molecule is CCCn1c(C)nc2cc(NC(=O)C3CCN(C(=O)COCC)CC3)ccc21. The second-order valence-corrected chi connectivity index (χ2v) is 7.30. The van der Waals surface area contributed by atoms with Gasteiger partial charge in [-0.2, -0.15) is 0 Å². The van der Waals surface area contributed by atoms with E-state index >= 15 is 0 Å². The molecule has 1 aliphatic heterocycles. The van der Waals surface area contributed by atoms with Gasteiger partial charge in [-0.15, -0.1) is 0 Å². The molecule has 1 N–H and O–H groups in total. The summed E-state index contributed by atoms with van der Waals surface area (Å²) in [5.41, 5.74) is 2.77. The van der Waals surface area contributed by atoms with Gasteiger partial charge < -0.3 is 19.5 Å². The molecular weight excluding hydrogens is 356 g/mol. The maximum absolute atomic E-state index is 12.7. The maximum Gasteiger partial charge on any atom is 0.248 e. The van der Waals surface area contributed by atoms with Gasteiger partial charge in [0.25, 0.3) is 0 Å². The van der Waals surface area contributed by atoms with Gasteiger partial charge in [0.15, 0.2) is 0 Å². The fraction of sp³-hybridized carbons (Fsp3) is 0.571. The third-order valence-corrected chi connectivity index (χ3v) is 5.30. The van der Waals surface area contributed by atoms with E-state index in [-0.39, 0.29) is 24.3 Å². The van der Waals surface area contributed by atoms with Crippen LogP contribution in [-0.4, -0.2) is 52.6 Å². The smallest absolute Gasteiger partial charge is 0.248 e. The molecule has 1 aromatic carbocycles. The van der Waals surface area contributed by atoms with Gasteiger partial charge in [0.1, 0.15) is 12.4 Å². The quantitative estimate of drug-likeness (QED) is 0.794. The van der Waals surface area contributed by atoms with E-state index in [4.69, 9.17) is 4.74 Å². The second-order valence-electron chi connectivity index (χ2n) is 7.30. The predicted molar refractivity (Wildman–Crippen MR) is 109 cm³/mol. The molecule has 2 aromatic rings. The molecule has 0 aliphatic carbocycles. The van der Waals surface area contributed by atoms with Crippen molar-refractivity contribution in [2.75, 3.05) is 31.6 Å². The molecule has 1 saturated heterocycles. The van der Waals surface area contributed by atoms with Gasteiger partial charge in [0.05, 0.1) is 11.0 Å². The van der Waals surface area contributed by atoms with Gasteiger partial charge in [-0.25, -0.2) is 4.98 Å². The van der Waals surface area contributed by atoms with E-state index in [1.165, 1.54) is 0 Å². The number of piperidine rings is 1. The number of anilines is 1. The lowest BCUT2D eigenvalue weighted by Gasteiger charge is -2.31. The summed E-state index contributed by atoms with van der Waals surface area (Å²) in [6, 6.07) is 5.90. The Morgan fingerprint density at radius 3 is 2.68 bits per heavy atom. The number of hydrogen-bond donors (Lipinski definition) is 1. The minimum Gasteiger partial charge on any atom is -0.372 e. The van der Waals surface area contributed by atoms with Gasteiger partial charge in [0, 0.05) is 37.8 Å². The molecule has 7 nitrogen and oxygen atoms in total. The number of nitrogens with zero attached hydrogens (tertiary/aromatic N) is 3. The molecule has 2 heterocycles. The first-order valence-corrected chi connectivity index (χ1v) is 10.2. The number of hydrogen-bond acceptors (Lipinski definition) is 4. The van der Waals surface area contributed by atoms with Crippen LogP contribution in [0.25, 0.3) is 11.0 Å². The van der Waals surface area contributed by atoms with Crippen LogP contribution in [0.3, 0.4) is 0 Å². The molecule has 0 radical (unpaired) electrons. The Morgan fingerprint density at radius 2 is 2.00 bits per heavy atom. The van der Waals surface area contributed by atoms with E-state index in [9.17, 15) is 9.59 Å². The number of rotatable bonds is 7. The third kappa shape index (κ3) is 4.52. The molecular formula is C21H30N4O3. The van der Waals surface area contributed by atoms with Crippen LogP contribution in [0.15, 0.2) is 18.2 Å². The van der Waals surface area contributed by atoms with E-state index in [0.29, 0.717) is 32.5 Å². The van der Waals surface area contributed by atoms with Crippen molar-refractivity contribution in [3.8, 4) is 0 Å². The first kappa shape index (κ1) is 20.3. The van der Waals surface area contributed by atoms with Crippen molar-refractivity contribution in [3.05, 3.63) is 24.0 Å². The van der Waals surface area contributed by atoms with Gasteiger partial charge in [-0.1, -0.05) is 6.92 Å². The van der Waals surface area contributed by atoms with Crippen LogP contribution in [0.5, 0.6) is 0 Å². The Bertz CT molecular complexity index is 838. The highest BCUT2D eigenvalue weighted by molar-refractivity contribution is 5.94. The standard InChI is InChI=1S/C21H30N4O3/c1-4-10-25-15(3)22-18-13-17(6-7-19(18)25)23-21(27)16-8-11-24(12-9-16)20(26)14-28-5-2/h6-7,13,16H,4-5,8-12,14H2,1-3H3,(H,23,27). The number of nitrogens with one attached hydrogen (secondary N) is 1. The Morgan fingerprint density at radius 1 is 1.25 bits per heavy atom. The van der Waals surface area contributed by atoms with Crippen molar-refractivity contribution < 1.29 is 14.3 Å². The Labute approximate surface area is 166 Å². The summed E-state index contributed by atoms with van der Waals surface area (Å²) >= 11 is 0. The number of likely N-dealkylation sites (tertiary alicyclic amines) is 1. The number of benzene rings is 1. The molecule has 1 fully saturated rings. The zero-order valence-electron chi connectivity index (χ0n) is 17.0. The second kappa shape index (κ2) is 9.19. The molecule has 28 heavy (non-hydrogen) atoms. The lowest BCUT2D eigenvalue weighted by atomic mass is 9.95. The van der Waals surface area contributed by atoms with E-state index in [0.717, 1.165) is 35.5 Å². The molecule has 3 rings (SSSR count). The van der Waals surface area contributed by atoms with Crippen LogP contribution in [0.2, 0.25) is 0 Å². The highest BCUT2D eigenvalue weighted by Crippen LogP contribution is 2.23. The van der Waals surface area contributed by atoms with Gasteiger partial charge in [-0.3, -0.25) is 9.59 Å². The zero-order valence-corrected chi connectivity index (χ0v) is 17.0. The minimum absolute atomic E-state index is 0.00388. The van der Waals surface area contributed by atoms with Gasteiger partial charge in [-0.05, 0) is 51.3 Å². The number of carbonyl (C=O) groups excluding carboxylic acids is 2. The third-order valence-electron chi connectivity index (χ3n) is 5.30. The van der Waals surface area contributed by atoms with Crippen molar-refractivity contribution in [2.24, 2.45) is 5.92 Å². The average Bonchev–Trinajstić information content (AvgIpc) is 3.01. The molecule has 0 bridgehead atoms. The zero-order chi connectivity index (χ0) is 20.1. The molecule has 2 amide bonds. The normalized spacial score (nSPS) is 15.2. The maximum atomic E-state index is 12.7. The average molecular weight is 386 g/mol. The fourth-order valence-corrected chi connectivity index (χ4v) is 3.75. The minimum atomic E-state index is -0.0776. The van der Waals surface area contributed by atoms with Crippen LogP contribution in [0.4, 0.5) is 5.69 Å².